The summed E-state index contributed by atoms with van der Waals surface area (Å²) in [4.78, 5) is 12.4. The van der Waals surface area contributed by atoms with E-state index in [0.717, 1.165) is 22.8 Å². The number of hydrogen-bond acceptors (Lipinski definition) is 6. The van der Waals surface area contributed by atoms with Gasteiger partial charge in [0, 0.05) is 29.2 Å². The number of azo groups is 1. The molecule has 0 aliphatic carbocycles. The van der Waals surface area contributed by atoms with Gasteiger partial charge >= 0.3 is 0 Å². The fraction of sp³-hybridized carbons (Fsp3) is 0.0400. The smallest absolute Gasteiger partial charge is 0.269 e. The highest BCUT2D eigenvalue weighted by molar-refractivity contribution is 5.77. The molecule has 0 radical (unpaired) electrons. The lowest BCUT2D eigenvalue weighted by Gasteiger charge is -2.25. The van der Waals surface area contributed by atoms with Crippen LogP contribution in [0.2, 0.25) is 0 Å². The number of methoxy groups -OCH3 is 1. The van der Waals surface area contributed by atoms with Crippen LogP contribution in [0.5, 0.6) is 5.75 Å². The fourth-order valence-electron chi connectivity index (χ4n) is 3.18. The van der Waals surface area contributed by atoms with Crippen molar-refractivity contribution >= 4 is 34.1 Å². The van der Waals surface area contributed by atoms with Crippen LogP contribution >= 0.6 is 0 Å². The highest BCUT2D eigenvalue weighted by Crippen LogP contribution is 2.36. The quantitative estimate of drug-likeness (QED) is 0.175. The summed E-state index contributed by atoms with van der Waals surface area (Å²) < 4.78 is 5.28. The van der Waals surface area contributed by atoms with Gasteiger partial charge in [-0.05, 0) is 72.8 Å². The van der Waals surface area contributed by atoms with Crippen molar-refractivity contribution in [1.29, 1.82) is 0 Å². The van der Waals surface area contributed by atoms with E-state index in [1.165, 1.54) is 12.1 Å². The molecule has 0 N–H and O–H groups in total. The van der Waals surface area contributed by atoms with Crippen molar-refractivity contribution in [1.82, 2.24) is 0 Å². The minimum atomic E-state index is -0.443. The van der Waals surface area contributed by atoms with E-state index < -0.39 is 4.92 Å². The lowest BCUT2D eigenvalue weighted by atomic mass is 10.2. The second kappa shape index (κ2) is 9.53. The molecule has 0 amide bonds. The van der Waals surface area contributed by atoms with Crippen molar-refractivity contribution in [2.45, 2.75) is 0 Å². The molecule has 7 nitrogen and oxygen atoms in total. The third kappa shape index (κ3) is 4.79. The standard InChI is InChI=1S/C25H20N4O3/c1-32-25-17-15-23(16-18-25)28(21-5-3-2-4-6-21)22-11-7-19(8-12-22)26-27-20-9-13-24(14-10-20)29(30)31/h2-18H,1H3. The molecule has 4 aromatic carbocycles. The van der Waals surface area contributed by atoms with Crippen molar-refractivity contribution in [3.8, 4) is 5.75 Å². The lowest BCUT2D eigenvalue weighted by Crippen LogP contribution is -2.09. The molecule has 0 fully saturated rings. The molecular formula is C25H20N4O3. The monoisotopic (exact) mass is 424 g/mol. The van der Waals surface area contributed by atoms with Gasteiger partial charge in [-0.25, -0.2) is 0 Å². The van der Waals surface area contributed by atoms with Gasteiger partial charge in [0.2, 0.25) is 0 Å². The van der Waals surface area contributed by atoms with E-state index >= 15 is 0 Å². The van der Waals surface area contributed by atoms with Crippen LogP contribution in [-0.2, 0) is 0 Å². The molecule has 7 heteroatoms. The van der Waals surface area contributed by atoms with Gasteiger partial charge in [0.05, 0.1) is 23.4 Å². The van der Waals surface area contributed by atoms with E-state index in [9.17, 15) is 10.1 Å². The predicted octanol–water partition coefficient (Wildman–Crippen LogP) is 7.49. The Balaban J connectivity index is 1.59. The second-order valence-electron chi connectivity index (χ2n) is 6.86. The SMILES string of the molecule is COc1ccc(N(c2ccccc2)c2ccc(N=Nc3ccc([N+](=O)[O-])cc3)cc2)cc1. The van der Waals surface area contributed by atoms with Crippen LogP contribution in [0, 0.1) is 10.1 Å². The summed E-state index contributed by atoms with van der Waals surface area (Å²) in [6.07, 6.45) is 0. The zero-order valence-electron chi connectivity index (χ0n) is 17.3. The first kappa shape index (κ1) is 20.7. The van der Waals surface area contributed by atoms with Gasteiger partial charge in [-0.15, -0.1) is 0 Å². The van der Waals surface area contributed by atoms with Gasteiger partial charge in [0.15, 0.2) is 0 Å². The van der Waals surface area contributed by atoms with E-state index in [1.54, 1.807) is 19.2 Å². The van der Waals surface area contributed by atoms with Gasteiger partial charge in [-0.2, -0.15) is 10.2 Å². The number of hydrogen-bond donors (Lipinski definition) is 0. The highest BCUT2D eigenvalue weighted by atomic mass is 16.6. The highest BCUT2D eigenvalue weighted by Gasteiger charge is 2.12. The molecule has 158 valence electrons. The first-order valence-corrected chi connectivity index (χ1v) is 9.89. The summed E-state index contributed by atoms with van der Waals surface area (Å²) in [5, 5.41) is 19.2. The van der Waals surface area contributed by atoms with Crippen molar-refractivity contribution in [2.24, 2.45) is 10.2 Å². The first-order chi connectivity index (χ1) is 15.6. The van der Waals surface area contributed by atoms with Crippen LogP contribution in [0.3, 0.4) is 0 Å². The fourth-order valence-corrected chi connectivity index (χ4v) is 3.18. The van der Waals surface area contributed by atoms with Crippen molar-refractivity contribution < 1.29 is 9.66 Å². The molecule has 4 aromatic rings. The third-order valence-corrected chi connectivity index (χ3v) is 4.79. The average Bonchev–Trinajstić information content (AvgIpc) is 2.85. The molecular weight excluding hydrogens is 404 g/mol. The molecule has 0 aromatic heterocycles. The summed E-state index contributed by atoms with van der Waals surface area (Å²) in [5.41, 5.74) is 4.23. The zero-order valence-corrected chi connectivity index (χ0v) is 17.3. The number of benzene rings is 4. The van der Waals surface area contributed by atoms with Crippen molar-refractivity contribution in [3.05, 3.63) is 113 Å². The van der Waals surface area contributed by atoms with E-state index in [0.29, 0.717) is 11.4 Å². The Hall–Kier alpha value is -4.52. The van der Waals surface area contributed by atoms with Crippen LogP contribution in [-0.4, -0.2) is 12.0 Å². The van der Waals surface area contributed by atoms with E-state index in [4.69, 9.17) is 4.74 Å². The molecule has 32 heavy (non-hydrogen) atoms. The van der Waals surface area contributed by atoms with Crippen LogP contribution < -0.4 is 9.64 Å². The Morgan fingerprint density at radius 3 is 1.66 bits per heavy atom. The number of rotatable bonds is 7. The summed E-state index contributed by atoms with van der Waals surface area (Å²) >= 11 is 0. The number of ether oxygens (including phenoxy) is 1. The number of para-hydroxylation sites is 1. The lowest BCUT2D eigenvalue weighted by molar-refractivity contribution is -0.384. The van der Waals surface area contributed by atoms with Crippen LogP contribution in [0.4, 0.5) is 34.1 Å². The minimum Gasteiger partial charge on any atom is -0.497 e. The Morgan fingerprint density at radius 2 is 1.16 bits per heavy atom. The Bertz CT molecular complexity index is 1210. The number of anilines is 3. The van der Waals surface area contributed by atoms with Gasteiger partial charge in [-0.3, -0.25) is 10.1 Å². The molecule has 0 aliphatic heterocycles. The number of non-ortho nitro benzene ring substituents is 1. The second-order valence-corrected chi connectivity index (χ2v) is 6.86. The molecule has 0 bridgehead atoms. The third-order valence-electron chi connectivity index (χ3n) is 4.79. The van der Waals surface area contributed by atoms with Gasteiger partial charge in [-0.1, -0.05) is 18.2 Å². The maximum Gasteiger partial charge on any atom is 0.269 e. The maximum atomic E-state index is 10.8. The molecule has 4 rings (SSSR count). The van der Waals surface area contributed by atoms with Gasteiger partial charge in [0.1, 0.15) is 5.75 Å². The predicted molar refractivity (Wildman–Crippen MR) is 125 cm³/mol. The first-order valence-electron chi connectivity index (χ1n) is 9.89. The zero-order chi connectivity index (χ0) is 22.3. The molecule has 0 atom stereocenters. The number of nitro groups is 1. The minimum absolute atomic E-state index is 0.0211. The molecule has 0 unspecified atom stereocenters. The number of nitro benzene ring substituents is 1. The van der Waals surface area contributed by atoms with Gasteiger partial charge in [0.25, 0.3) is 5.69 Å². The van der Waals surface area contributed by atoms with Crippen LogP contribution in [0.15, 0.2) is 113 Å². The maximum absolute atomic E-state index is 10.8. The molecule has 0 heterocycles. The molecule has 0 spiro atoms. The van der Waals surface area contributed by atoms with E-state index in [2.05, 4.69) is 15.1 Å². The van der Waals surface area contributed by atoms with Crippen molar-refractivity contribution in [2.75, 3.05) is 12.0 Å². The molecule has 0 saturated carbocycles. The Kier molecular flexibility index (Phi) is 6.17. The Morgan fingerprint density at radius 1 is 0.688 bits per heavy atom. The normalized spacial score (nSPS) is 10.8. The topological polar surface area (TPSA) is 80.3 Å². The van der Waals surface area contributed by atoms with E-state index in [1.807, 2.05) is 78.9 Å². The van der Waals surface area contributed by atoms with Gasteiger partial charge < -0.3 is 9.64 Å². The number of nitrogens with zero attached hydrogens (tertiary/aromatic N) is 4. The summed E-state index contributed by atoms with van der Waals surface area (Å²) in [6.45, 7) is 0. The summed E-state index contributed by atoms with van der Waals surface area (Å²) in [5.74, 6) is 0.795. The van der Waals surface area contributed by atoms with Crippen molar-refractivity contribution in [3.63, 3.8) is 0 Å². The molecule has 0 saturated heterocycles. The molecule has 0 aliphatic rings. The largest absolute Gasteiger partial charge is 0.497 e. The summed E-state index contributed by atoms with van der Waals surface area (Å²) in [7, 11) is 1.65. The van der Waals surface area contributed by atoms with Crippen LogP contribution in [0.1, 0.15) is 0 Å². The van der Waals surface area contributed by atoms with E-state index in [-0.39, 0.29) is 5.69 Å². The summed E-state index contributed by atoms with van der Waals surface area (Å²) in [6, 6.07) is 31.6. The Labute approximate surface area is 185 Å². The average molecular weight is 424 g/mol. The van der Waals surface area contributed by atoms with Crippen LogP contribution in [0.25, 0.3) is 0 Å².